The molecule has 0 aromatic carbocycles. The highest BCUT2D eigenvalue weighted by molar-refractivity contribution is 5.94. The Bertz CT molecular complexity index is 1440. The maximum atomic E-state index is 14.2. The number of aromatic nitrogens is 4. The van der Waals surface area contributed by atoms with Crippen molar-refractivity contribution in [2.24, 2.45) is 10.7 Å². The van der Waals surface area contributed by atoms with Gasteiger partial charge in [0.2, 0.25) is 0 Å². The van der Waals surface area contributed by atoms with Crippen LogP contribution < -0.4 is 5.73 Å². The number of amides is 1. The number of pyridine rings is 2. The second-order valence-corrected chi connectivity index (χ2v) is 9.07. The average molecular weight is 504 g/mol. The van der Waals surface area contributed by atoms with Crippen LogP contribution in [-0.4, -0.2) is 54.1 Å². The van der Waals surface area contributed by atoms with Crippen molar-refractivity contribution < 1.29 is 13.6 Å². The van der Waals surface area contributed by atoms with Crippen molar-refractivity contribution in [1.29, 1.82) is 5.26 Å². The molecule has 0 bridgehead atoms. The van der Waals surface area contributed by atoms with E-state index < -0.39 is 36.9 Å². The highest BCUT2D eigenvalue weighted by atomic mass is 19.3. The fourth-order valence-corrected chi connectivity index (χ4v) is 4.66. The third kappa shape index (κ3) is 4.55. The van der Waals surface area contributed by atoms with Gasteiger partial charge in [-0.15, -0.1) is 0 Å². The van der Waals surface area contributed by atoms with E-state index >= 15 is 0 Å². The minimum Gasteiger partial charge on any atom is -0.369 e. The Labute approximate surface area is 211 Å². The molecule has 5 rings (SSSR count). The summed E-state index contributed by atoms with van der Waals surface area (Å²) < 4.78 is 28.5. The first-order valence-corrected chi connectivity index (χ1v) is 11.6. The quantitative estimate of drug-likeness (QED) is 0.560. The third-order valence-electron chi connectivity index (χ3n) is 6.58. The van der Waals surface area contributed by atoms with Crippen LogP contribution in [0.4, 0.5) is 14.5 Å². The van der Waals surface area contributed by atoms with Gasteiger partial charge in [-0.05, 0) is 38.1 Å². The fraction of sp³-hybridized carbons (Fsp3) is 0.320. The van der Waals surface area contributed by atoms with Crippen molar-refractivity contribution in [2.45, 2.75) is 44.8 Å². The molecule has 1 fully saturated rings. The molecule has 3 aromatic rings. The van der Waals surface area contributed by atoms with Gasteiger partial charge in [-0.1, -0.05) is 0 Å². The van der Waals surface area contributed by atoms with E-state index in [1.807, 2.05) is 0 Å². The number of guanidine groups is 1. The summed E-state index contributed by atoms with van der Waals surface area (Å²) in [5, 5.41) is 9.23. The fourth-order valence-electron chi connectivity index (χ4n) is 4.66. The molecule has 188 valence electrons. The summed E-state index contributed by atoms with van der Waals surface area (Å²) in [5.41, 5.74) is 8.37. The number of rotatable bonds is 5. The topological polar surface area (TPSA) is 137 Å². The molecule has 0 saturated carbocycles. The van der Waals surface area contributed by atoms with E-state index in [4.69, 9.17) is 5.73 Å². The number of halogens is 2. The zero-order valence-corrected chi connectivity index (χ0v) is 20.1. The van der Waals surface area contributed by atoms with E-state index in [9.17, 15) is 18.8 Å². The SMILES string of the molecule is Cc1nc(CN(C(=O)c2cc3c(cn2)N=C(N)N2CC(F)(F)C[C@H]32)[C@H](C)c2ncccn2)ccc1C#N. The lowest BCUT2D eigenvalue weighted by Crippen LogP contribution is -2.40. The van der Waals surface area contributed by atoms with Gasteiger partial charge in [-0.25, -0.2) is 28.7 Å². The molecular formula is C25H23F2N9O. The van der Waals surface area contributed by atoms with Crippen LogP contribution in [0.15, 0.2) is 47.8 Å². The first kappa shape index (κ1) is 24.2. The highest BCUT2D eigenvalue weighted by Crippen LogP contribution is 2.46. The predicted octanol–water partition coefficient (Wildman–Crippen LogP) is 3.19. The van der Waals surface area contributed by atoms with Crippen molar-refractivity contribution in [3.63, 3.8) is 0 Å². The Morgan fingerprint density at radius 2 is 2.08 bits per heavy atom. The molecule has 0 aliphatic carbocycles. The van der Waals surface area contributed by atoms with Gasteiger partial charge in [0.25, 0.3) is 11.8 Å². The summed E-state index contributed by atoms with van der Waals surface area (Å²) in [5.74, 6) is -2.96. The molecule has 10 nitrogen and oxygen atoms in total. The van der Waals surface area contributed by atoms with Gasteiger partial charge in [0.15, 0.2) is 5.96 Å². The molecule has 0 radical (unpaired) electrons. The van der Waals surface area contributed by atoms with Crippen LogP contribution >= 0.6 is 0 Å². The molecule has 2 aliphatic heterocycles. The van der Waals surface area contributed by atoms with Crippen LogP contribution in [0.1, 0.15) is 64.3 Å². The maximum absolute atomic E-state index is 14.2. The summed E-state index contributed by atoms with van der Waals surface area (Å²) in [7, 11) is 0. The van der Waals surface area contributed by atoms with Gasteiger partial charge in [0, 0.05) is 24.4 Å². The molecule has 2 aliphatic rings. The number of nitrogens with two attached hydrogens (primary N) is 1. The van der Waals surface area contributed by atoms with Gasteiger partial charge in [-0.3, -0.25) is 9.78 Å². The Morgan fingerprint density at radius 3 is 2.78 bits per heavy atom. The highest BCUT2D eigenvalue weighted by Gasteiger charge is 2.48. The van der Waals surface area contributed by atoms with Gasteiger partial charge in [0.1, 0.15) is 17.6 Å². The van der Waals surface area contributed by atoms with Crippen molar-refractivity contribution in [3.8, 4) is 6.07 Å². The molecule has 0 spiro atoms. The summed E-state index contributed by atoms with van der Waals surface area (Å²) in [6.45, 7) is 3.06. The van der Waals surface area contributed by atoms with Crippen LogP contribution in [0.5, 0.6) is 0 Å². The van der Waals surface area contributed by atoms with Gasteiger partial charge < -0.3 is 15.5 Å². The molecule has 5 heterocycles. The van der Waals surface area contributed by atoms with Crippen LogP contribution in [0.25, 0.3) is 0 Å². The molecule has 1 saturated heterocycles. The maximum Gasteiger partial charge on any atom is 0.273 e. The van der Waals surface area contributed by atoms with Crippen molar-refractivity contribution >= 4 is 17.6 Å². The Balaban J connectivity index is 1.52. The molecule has 12 heteroatoms. The van der Waals surface area contributed by atoms with Crippen LogP contribution in [0.2, 0.25) is 0 Å². The molecule has 2 atom stereocenters. The minimum absolute atomic E-state index is 0.00860. The first-order chi connectivity index (χ1) is 17.7. The summed E-state index contributed by atoms with van der Waals surface area (Å²) >= 11 is 0. The lowest BCUT2D eigenvalue weighted by atomic mass is 10.0. The van der Waals surface area contributed by atoms with E-state index in [2.05, 4.69) is 31.0 Å². The number of nitriles is 1. The van der Waals surface area contributed by atoms with Crippen LogP contribution in [0.3, 0.4) is 0 Å². The number of aliphatic imine (C=N–C) groups is 1. The normalized spacial score (nSPS) is 18.3. The third-order valence-corrected chi connectivity index (χ3v) is 6.58. The lowest BCUT2D eigenvalue weighted by Gasteiger charge is -2.31. The van der Waals surface area contributed by atoms with Crippen LogP contribution in [-0.2, 0) is 6.54 Å². The monoisotopic (exact) mass is 503 g/mol. The van der Waals surface area contributed by atoms with E-state index in [-0.39, 0.29) is 18.2 Å². The zero-order chi connectivity index (χ0) is 26.3. The average Bonchev–Trinajstić information content (AvgIpc) is 3.23. The molecule has 3 aromatic heterocycles. The number of aryl methyl sites for hydroxylation is 1. The predicted molar refractivity (Wildman–Crippen MR) is 129 cm³/mol. The second kappa shape index (κ2) is 9.16. The number of hydrogen-bond donors (Lipinski definition) is 1. The molecule has 2 N–H and O–H groups in total. The van der Waals surface area contributed by atoms with Crippen molar-refractivity contribution in [3.05, 3.63) is 76.9 Å². The van der Waals surface area contributed by atoms with Crippen molar-refractivity contribution in [2.75, 3.05) is 6.54 Å². The zero-order valence-electron chi connectivity index (χ0n) is 20.1. The number of nitrogens with zero attached hydrogens (tertiary/aromatic N) is 8. The van der Waals surface area contributed by atoms with Gasteiger partial charge in [0.05, 0.1) is 54.0 Å². The van der Waals surface area contributed by atoms with Crippen LogP contribution in [0, 0.1) is 18.3 Å². The Kier molecular flexibility index (Phi) is 5.99. The lowest BCUT2D eigenvalue weighted by molar-refractivity contribution is 0.0164. The summed E-state index contributed by atoms with van der Waals surface area (Å²) in [4.78, 5) is 38.3. The van der Waals surface area contributed by atoms with E-state index in [0.717, 1.165) is 0 Å². The van der Waals surface area contributed by atoms with Gasteiger partial charge >= 0.3 is 0 Å². The number of alkyl halides is 2. The number of hydrogen-bond acceptors (Lipinski definition) is 9. The number of carbonyl (C=O) groups excluding carboxylic acids is 1. The molecule has 0 unspecified atom stereocenters. The minimum atomic E-state index is -2.93. The molecule has 1 amide bonds. The Morgan fingerprint density at radius 1 is 1.32 bits per heavy atom. The number of fused-ring (bicyclic) bond motifs is 3. The summed E-state index contributed by atoms with van der Waals surface area (Å²) in [6.07, 6.45) is 4.12. The smallest absolute Gasteiger partial charge is 0.273 e. The van der Waals surface area contributed by atoms with Crippen molar-refractivity contribution in [1.82, 2.24) is 29.7 Å². The van der Waals surface area contributed by atoms with E-state index in [1.165, 1.54) is 22.1 Å². The van der Waals surface area contributed by atoms with E-state index in [0.29, 0.717) is 34.0 Å². The standard InChI is InChI=1S/C25H23F2N9O/c1-14-16(10-28)4-5-17(33-14)12-35(15(2)22-30-6-3-7-31-22)23(37)19-8-18-20(11-32-19)34-24(29)36-13-25(26,27)9-21(18)36/h3-8,11,15,21H,9,12-13H2,1-2H3,(H2,29,34)/t15-,21-/m1/s1. The molecular weight excluding hydrogens is 480 g/mol. The first-order valence-electron chi connectivity index (χ1n) is 11.6. The molecule has 37 heavy (non-hydrogen) atoms. The van der Waals surface area contributed by atoms with Gasteiger partial charge in [-0.2, -0.15) is 5.26 Å². The number of carbonyl (C=O) groups is 1. The second-order valence-electron chi connectivity index (χ2n) is 9.07. The Hall–Kier alpha value is -4.53. The largest absolute Gasteiger partial charge is 0.369 e. The van der Waals surface area contributed by atoms with E-state index in [1.54, 1.807) is 44.4 Å². The summed E-state index contributed by atoms with van der Waals surface area (Å²) in [6, 6.07) is 7.33.